The third-order valence-electron chi connectivity index (χ3n) is 3.18. The topological polar surface area (TPSA) is 21.3 Å². The molecule has 3 heteroatoms. The zero-order valence-electron chi connectivity index (χ0n) is 9.85. The number of methoxy groups -OCH3 is 1. The molecule has 0 saturated heterocycles. The molecule has 0 aliphatic heterocycles. The van der Waals surface area contributed by atoms with E-state index in [1.165, 1.54) is 6.07 Å². The van der Waals surface area contributed by atoms with Crippen LogP contribution in [-0.4, -0.2) is 13.7 Å². The Hall–Kier alpha value is -1.09. The average Bonchev–Trinajstić information content (AvgIpc) is 2.30. The fourth-order valence-electron chi connectivity index (χ4n) is 2.42. The molecule has 0 saturated carbocycles. The largest absolute Gasteiger partial charge is 0.497 e. The van der Waals surface area contributed by atoms with Gasteiger partial charge in [-0.15, -0.1) is 0 Å². The summed E-state index contributed by atoms with van der Waals surface area (Å²) in [6.45, 7) is 2.98. The second-order valence-corrected chi connectivity index (χ2v) is 4.18. The van der Waals surface area contributed by atoms with Crippen molar-refractivity contribution in [3.63, 3.8) is 0 Å². The van der Waals surface area contributed by atoms with Gasteiger partial charge in [-0.3, -0.25) is 0 Å². The molecule has 1 atom stereocenters. The van der Waals surface area contributed by atoms with Gasteiger partial charge in [0.05, 0.1) is 7.11 Å². The van der Waals surface area contributed by atoms with E-state index >= 15 is 0 Å². The first-order valence-corrected chi connectivity index (χ1v) is 5.86. The van der Waals surface area contributed by atoms with Gasteiger partial charge >= 0.3 is 0 Å². The van der Waals surface area contributed by atoms with Crippen LogP contribution in [0.2, 0.25) is 0 Å². The third kappa shape index (κ3) is 2.05. The normalized spacial score (nSPS) is 19.3. The molecule has 1 aromatic rings. The van der Waals surface area contributed by atoms with Crippen LogP contribution in [-0.2, 0) is 6.42 Å². The highest BCUT2D eigenvalue weighted by atomic mass is 19.1. The molecule has 0 aromatic heterocycles. The minimum absolute atomic E-state index is 0.128. The maximum absolute atomic E-state index is 13.8. The Morgan fingerprint density at radius 2 is 2.31 bits per heavy atom. The van der Waals surface area contributed by atoms with Crippen LogP contribution in [0.25, 0.3) is 0 Å². The van der Waals surface area contributed by atoms with E-state index in [9.17, 15) is 4.39 Å². The molecule has 2 rings (SSSR count). The number of rotatable bonds is 3. The van der Waals surface area contributed by atoms with E-state index < -0.39 is 0 Å². The van der Waals surface area contributed by atoms with E-state index in [2.05, 4.69) is 12.2 Å². The van der Waals surface area contributed by atoms with Gasteiger partial charge in [-0.1, -0.05) is 6.92 Å². The van der Waals surface area contributed by atoms with Gasteiger partial charge in [-0.2, -0.15) is 0 Å². The van der Waals surface area contributed by atoms with Gasteiger partial charge < -0.3 is 10.1 Å². The lowest BCUT2D eigenvalue weighted by Gasteiger charge is -2.27. The molecule has 1 aliphatic rings. The van der Waals surface area contributed by atoms with Crippen LogP contribution in [0.4, 0.5) is 4.39 Å². The van der Waals surface area contributed by atoms with Crippen LogP contribution in [0.1, 0.15) is 36.9 Å². The van der Waals surface area contributed by atoms with E-state index in [1.54, 1.807) is 7.11 Å². The maximum Gasteiger partial charge on any atom is 0.130 e. The smallest absolute Gasteiger partial charge is 0.130 e. The van der Waals surface area contributed by atoms with Crippen molar-refractivity contribution < 1.29 is 9.13 Å². The van der Waals surface area contributed by atoms with Crippen molar-refractivity contribution in [1.82, 2.24) is 5.32 Å². The van der Waals surface area contributed by atoms with E-state index in [1.807, 2.05) is 6.07 Å². The maximum atomic E-state index is 13.8. The fourth-order valence-corrected chi connectivity index (χ4v) is 2.42. The lowest BCUT2D eigenvalue weighted by atomic mass is 9.87. The van der Waals surface area contributed by atoms with Crippen molar-refractivity contribution in [2.24, 2.45) is 0 Å². The number of benzene rings is 1. The fraction of sp³-hybridized carbons (Fsp3) is 0.538. The van der Waals surface area contributed by atoms with Crippen molar-refractivity contribution >= 4 is 0 Å². The first-order valence-electron chi connectivity index (χ1n) is 5.86. The predicted octanol–water partition coefficient (Wildman–Crippen LogP) is 2.82. The highest BCUT2D eigenvalue weighted by Gasteiger charge is 2.22. The molecule has 0 radical (unpaired) electrons. The highest BCUT2D eigenvalue weighted by molar-refractivity contribution is 5.40. The molecule has 2 nitrogen and oxygen atoms in total. The predicted molar refractivity (Wildman–Crippen MR) is 62.3 cm³/mol. The van der Waals surface area contributed by atoms with Gasteiger partial charge in [-0.25, -0.2) is 4.39 Å². The van der Waals surface area contributed by atoms with Crippen LogP contribution in [0, 0.1) is 5.82 Å². The van der Waals surface area contributed by atoms with Crippen LogP contribution in [0.3, 0.4) is 0 Å². The van der Waals surface area contributed by atoms with Gasteiger partial charge in [0.15, 0.2) is 0 Å². The summed E-state index contributed by atoms with van der Waals surface area (Å²) in [6.07, 6.45) is 2.97. The number of hydrogen-bond acceptors (Lipinski definition) is 2. The first kappa shape index (κ1) is 11.4. The molecule has 0 spiro atoms. The van der Waals surface area contributed by atoms with Crippen LogP contribution in [0.15, 0.2) is 12.1 Å². The molecule has 1 N–H and O–H groups in total. The van der Waals surface area contributed by atoms with Crippen LogP contribution < -0.4 is 10.1 Å². The summed E-state index contributed by atoms with van der Waals surface area (Å²) in [4.78, 5) is 0. The number of nitrogens with one attached hydrogen (secondary N) is 1. The molecule has 1 aromatic carbocycles. The Kier molecular flexibility index (Phi) is 3.44. The lowest BCUT2D eigenvalue weighted by Crippen LogP contribution is -2.25. The van der Waals surface area contributed by atoms with Crippen LogP contribution >= 0.6 is 0 Å². The van der Waals surface area contributed by atoms with E-state index in [0.717, 1.165) is 36.9 Å². The molecule has 0 amide bonds. The van der Waals surface area contributed by atoms with E-state index in [4.69, 9.17) is 4.74 Å². The Balaban J connectivity index is 2.41. The van der Waals surface area contributed by atoms with Crippen molar-refractivity contribution in [3.05, 3.63) is 29.1 Å². The first-order chi connectivity index (χ1) is 7.76. The number of fused-ring (bicyclic) bond motifs is 1. The second kappa shape index (κ2) is 4.83. The molecule has 1 unspecified atom stereocenters. The van der Waals surface area contributed by atoms with E-state index in [0.29, 0.717) is 5.75 Å². The highest BCUT2D eigenvalue weighted by Crippen LogP contribution is 2.34. The third-order valence-corrected chi connectivity index (χ3v) is 3.18. The molecule has 1 aliphatic carbocycles. The molecular weight excluding hydrogens is 205 g/mol. The molecule has 88 valence electrons. The summed E-state index contributed by atoms with van der Waals surface area (Å²) < 4.78 is 18.9. The summed E-state index contributed by atoms with van der Waals surface area (Å²) in [5, 5.41) is 3.40. The molecule has 0 heterocycles. The Morgan fingerprint density at radius 1 is 1.50 bits per heavy atom. The summed E-state index contributed by atoms with van der Waals surface area (Å²) in [5.41, 5.74) is 1.93. The zero-order chi connectivity index (χ0) is 11.5. The number of ether oxygens (including phenoxy) is 1. The Bertz CT molecular complexity index is 378. The van der Waals surface area contributed by atoms with Gasteiger partial charge in [0.25, 0.3) is 0 Å². The second-order valence-electron chi connectivity index (χ2n) is 4.18. The molecule has 0 bridgehead atoms. The van der Waals surface area contributed by atoms with Crippen molar-refractivity contribution in [2.45, 2.75) is 32.2 Å². The van der Waals surface area contributed by atoms with Gasteiger partial charge in [0, 0.05) is 12.1 Å². The van der Waals surface area contributed by atoms with Crippen LogP contribution in [0.5, 0.6) is 5.75 Å². The lowest BCUT2D eigenvalue weighted by molar-refractivity contribution is 0.402. The summed E-state index contributed by atoms with van der Waals surface area (Å²) in [7, 11) is 1.58. The number of hydrogen-bond donors (Lipinski definition) is 1. The van der Waals surface area contributed by atoms with E-state index in [-0.39, 0.29) is 11.9 Å². The summed E-state index contributed by atoms with van der Waals surface area (Å²) in [6, 6.07) is 3.72. The number of halogens is 1. The van der Waals surface area contributed by atoms with Gasteiger partial charge in [-0.05, 0) is 43.0 Å². The molecule has 16 heavy (non-hydrogen) atoms. The van der Waals surface area contributed by atoms with Crippen molar-refractivity contribution in [2.75, 3.05) is 13.7 Å². The minimum Gasteiger partial charge on any atom is -0.497 e. The molecule has 0 fully saturated rings. The summed E-state index contributed by atoms with van der Waals surface area (Å²) >= 11 is 0. The quantitative estimate of drug-likeness (QED) is 0.850. The Labute approximate surface area is 95.8 Å². The minimum atomic E-state index is -0.128. The standard InChI is InChI=1S/C13H18FNO/c1-3-15-13-6-4-5-10-11(13)7-9(16-2)8-12(10)14/h7-8,13,15H,3-6H2,1-2H3. The summed E-state index contributed by atoms with van der Waals surface area (Å²) in [5.74, 6) is 0.484. The van der Waals surface area contributed by atoms with Gasteiger partial charge in [0.2, 0.25) is 0 Å². The average molecular weight is 223 g/mol. The zero-order valence-corrected chi connectivity index (χ0v) is 9.85. The van der Waals surface area contributed by atoms with Gasteiger partial charge in [0.1, 0.15) is 11.6 Å². The van der Waals surface area contributed by atoms with Crippen molar-refractivity contribution in [1.29, 1.82) is 0 Å². The van der Waals surface area contributed by atoms with Crippen molar-refractivity contribution in [3.8, 4) is 5.75 Å². The monoisotopic (exact) mass is 223 g/mol. The Morgan fingerprint density at radius 3 is 3.00 bits per heavy atom. The SMILES string of the molecule is CCNC1CCCc2c(F)cc(OC)cc21. The molecular formula is C13H18FNO.